The van der Waals surface area contributed by atoms with Gasteiger partial charge in [-0.2, -0.15) is 5.26 Å². The van der Waals surface area contributed by atoms with Crippen LogP contribution in [-0.4, -0.2) is 43.5 Å². The molecule has 4 rings (SSSR count). The number of thioether (sulfide) groups is 1. The summed E-state index contributed by atoms with van der Waals surface area (Å²) >= 11 is 1.15. The van der Waals surface area contributed by atoms with Gasteiger partial charge in [-0.05, 0) is 61.2 Å². The quantitative estimate of drug-likeness (QED) is 0.663. The Hall–Kier alpha value is -3.03. The minimum absolute atomic E-state index is 0.0173. The molecular weight excluding hydrogens is 448 g/mol. The SMILES string of the molecule is CC1CCN(C(=O)[C@H]2Sc3ccc(S(=O)(=O)Nc4ccc(C#N)cc4)cc3NC2=O)CC1. The van der Waals surface area contributed by atoms with Gasteiger partial charge in [0.15, 0.2) is 5.25 Å². The molecule has 32 heavy (non-hydrogen) atoms. The number of benzene rings is 2. The molecule has 0 spiro atoms. The van der Waals surface area contributed by atoms with Crippen LogP contribution in [0.3, 0.4) is 0 Å². The second-order valence-electron chi connectivity index (χ2n) is 7.95. The van der Waals surface area contributed by atoms with Crippen molar-refractivity contribution < 1.29 is 18.0 Å². The highest BCUT2D eigenvalue weighted by Crippen LogP contribution is 2.38. The molecule has 2 aromatic carbocycles. The van der Waals surface area contributed by atoms with E-state index in [0.717, 1.165) is 24.6 Å². The number of sulfonamides is 1. The largest absolute Gasteiger partial charge is 0.341 e. The van der Waals surface area contributed by atoms with E-state index in [1.165, 1.54) is 36.4 Å². The number of carbonyl (C=O) groups excluding carboxylic acids is 2. The van der Waals surface area contributed by atoms with Crippen molar-refractivity contribution in [3.8, 4) is 6.07 Å². The third-order valence-electron chi connectivity index (χ3n) is 5.59. The number of piperidine rings is 1. The monoisotopic (exact) mass is 470 g/mol. The molecule has 2 heterocycles. The first kappa shape index (κ1) is 22.2. The van der Waals surface area contributed by atoms with Crippen LogP contribution in [0.2, 0.25) is 0 Å². The van der Waals surface area contributed by atoms with Crippen LogP contribution >= 0.6 is 11.8 Å². The summed E-state index contributed by atoms with van der Waals surface area (Å²) in [7, 11) is -3.90. The van der Waals surface area contributed by atoms with E-state index in [-0.39, 0.29) is 10.8 Å². The summed E-state index contributed by atoms with van der Waals surface area (Å²) in [4.78, 5) is 27.9. The topological polar surface area (TPSA) is 119 Å². The summed E-state index contributed by atoms with van der Waals surface area (Å²) in [5.41, 5.74) is 1.10. The summed E-state index contributed by atoms with van der Waals surface area (Å²) < 4.78 is 28.0. The number of hydrogen-bond donors (Lipinski definition) is 2. The van der Waals surface area contributed by atoms with Crippen molar-refractivity contribution in [1.82, 2.24) is 4.90 Å². The normalized spacial score (nSPS) is 18.9. The molecule has 2 amide bonds. The maximum Gasteiger partial charge on any atom is 0.261 e. The van der Waals surface area contributed by atoms with Gasteiger partial charge >= 0.3 is 0 Å². The zero-order valence-corrected chi connectivity index (χ0v) is 19.0. The Kier molecular flexibility index (Phi) is 6.13. The molecule has 166 valence electrons. The number of nitriles is 1. The van der Waals surface area contributed by atoms with E-state index in [1.54, 1.807) is 11.0 Å². The van der Waals surface area contributed by atoms with Gasteiger partial charge in [0, 0.05) is 23.7 Å². The second-order valence-corrected chi connectivity index (χ2v) is 10.8. The predicted octanol–water partition coefficient (Wildman–Crippen LogP) is 3.03. The summed E-state index contributed by atoms with van der Waals surface area (Å²) in [5.74, 6) is -0.0733. The first-order valence-electron chi connectivity index (χ1n) is 10.2. The molecule has 10 heteroatoms. The predicted molar refractivity (Wildman–Crippen MR) is 122 cm³/mol. The third kappa shape index (κ3) is 4.59. The fraction of sp³-hybridized carbons (Fsp3) is 0.318. The number of likely N-dealkylation sites (tertiary alicyclic amines) is 1. The van der Waals surface area contributed by atoms with Gasteiger partial charge in [-0.1, -0.05) is 6.92 Å². The molecular formula is C22H22N4O4S2. The Morgan fingerprint density at radius 1 is 1.19 bits per heavy atom. The van der Waals surface area contributed by atoms with Gasteiger partial charge in [0.25, 0.3) is 10.0 Å². The van der Waals surface area contributed by atoms with Gasteiger partial charge in [-0.3, -0.25) is 14.3 Å². The summed E-state index contributed by atoms with van der Waals surface area (Å²) in [5, 5.41) is 10.7. The minimum atomic E-state index is -3.90. The van der Waals surface area contributed by atoms with Crippen LogP contribution in [0.4, 0.5) is 11.4 Å². The van der Waals surface area contributed by atoms with E-state index in [9.17, 15) is 18.0 Å². The van der Waals surface area contributed by atoms with Gasteiger partial charge < -0.3 is 10.2 Å². The second kappa shape index (κ2) is 8.84. The van der Waals surface area contributed by atoms with Crippen LogP contribution in [0.25, 0.3) is 0 Å². The standard InChI is InChI=1S/C22H22N4O4S2/c1-14-8-10-26(11-9-14)22(28)20-21(27)24-18-12-17(6-7-19(18)31-20)32(29,30)25-16-4-2-15(13-23)3-5-16/h2-7,12,14,20,25H,8-11H2,1H3,(H,24,27)/t20-/m0/s1. The first-order valence-corrected chi connectivity index (χ1v) is 12.6. The van der Waals surface area contributed by atoms with Crippen LogP contribution in [0.15, 0.2) is 52.3 Å². The smallest absolute Gasteiger partial charge is 0.261 e. The van der Waals surface area contributed by atoms with Gasteiger partial charge in [-0.25, -0.2) is 8.42 Å². The number of anilines is 2. The zero-order chi connectivity index (χ0) is 22.9. The summed E-state index contributed by atoms with van der Waals surface area (Å²) in [6, 6.07) is 12.4. The number of nitrogens with one attached hydrogen (secondary N) is 2. The molecule has 0 radical (unpaired) electrons. The van der Waals surface area contributed by atoms with Crippen molar-refractivity contribution >= 4 is 45.0 Å². The Labute approximate surface area is 191 Å². The molecule has 8 nitrogen and oxygen atoms in total. The summed E-state index contributed by atoms with van der Waals surface area (Å²) in [6.07, 6.45) is 1.85. The van der Waals surface area contributed by atoms with Crippen LogP contribution in [0.5, 0.6) is 0 Å². The van der Waals surface area contributed by atoms with Crippen molar-refractivity contribution in [2.24, 2.45) is 5.92 Å². The number of amides is 2. The fourth-order valence-corrected chi connectivity index (χ4v) is 5.78. The molecule has 2 N–H and O–H groups in total. The number of nitrogens with zero attached hydrogens (tertiary/aromatic N) is 2. The van der Waals surface area contributed by atoms with Gasteiger partial charge in [0.1, 0.15) is 0 Å². The summed E-state index contributed by atoms with van der Waals surface area (Å²) in [6.45, 7) is 3.45. The van der Waals surface area contributed by atoms with E-state index in [0.29, 0.717) is 40.8 Å². The Bertz CT molecular complexity index is 1200. The highest BCUT2D eigenvalue weighted by molar-refractivity contribution is 8.01. The molecule has 2 aromatic rings. The number of hydrogen-bond acceptors (Lipinski definition) is 6. The Balaban J connectivity index is 1.50. The van der Waals surface area contributed by atoms with Gasteiger partial charge in [-0.15, -0.1) is 11.8 Å². The van der Waals surface area contributed by atoms with Crippen molar-refractivity contribution in [2.45, 2.75) is 34.8 Å². The van der Waals surface area contributed by atoms with Crippen molar-refractivity contribution in [2.75, 3.05) is 23.1 Å². The minimum Gasteiger partial charge on any atom is -0.341 e. The number of carbonyl (C=O) groups is 2. The molecule has 1 atom stereocenters. The lowest BCUT2D eigenvalue weighted by atomic mass is 9.99. The van der Waals surface area contributed by atoms with Crippen molar-refractivity contribution in [3.05, 3.63) is 48.0 Å². The molecule has 0 bridgehead atoms. The molecule has 2 aliphatic heterocycles. The molecule has 0 saturated carbocycles. The molecule has 1 fully saturated rings. The van der Waals surface area contributed by atoms with Crippen LogP contribution in [0.1, 0.15) is 25.3 Å². The molecule has 0 unspecified atom stereocenters. The third-order valence-corrected chi connectivity index (χ3v) is 8.23. The lowest BCUT2D eigenvalue weighted by molar-refractivity contribution is -0.135. The van der Waals surface area contributed by atoms with E-state index in [4.69, 9.17) is 5.26 Å². The zero-order valence-electron chi connectivity index (χ0n) is 17.4. The number of rotatable bonds is 4. The molecule has 2 aliphatic rings. The van der Waals surface area contributed by atoms with E-state index >= 15 is 0 Å². The van der Waals surface area contributed by atoms with E-state index in [2.05, 4.69) is 17.0 Å². The van der Waals surface area contributed by atoms with Crippen molar-refractivity contribution in [1.29, 1.82) is 5.26 Å². The molecule has 1 saturated heterocycles. The Morgan fingerprint density at radius 2 is 1.88 bits per heavy atom. The van der Waals surface area contributed by atoms with Crippen LogP contribution in [-0.2, 0) is 19.6 Å². The lowest BCUT2D eigenvalue weighted by Gasteiger charge is -2.33. The molecule has 0 aliphatic carbocycles. The highest BCUT2D eigenvalue weighted by Gasteiger charge is 2.37. The van der Waals surface area contributed by atoms with Crippen LogP contribution < -0.4 is 10.0 Å². The van der Waals surface area contributed by atoms with Crippen LogP contribution in [0, 0.1) is 17.2 Å². The highest BCUT2D eigenvalue weighted by atomic mass is 32.2. The average molecular weight is 471 g/mol. The first-order chi connectivity index (χ1) is 15.3. The van der Waals surface area contributed by atoms with Gasteiger partial charge in [0.2, 0.25) is 11.8 Å². The van der Waals surface area contributed by atoms with E-state index < -0.39 is 21.2 Å². The lowest BCUT2D eigenvalue weighted by Crippen LogP contribution is -2.47. The molecule has 0 aromatic heterocycles. The average Bonchev–Trinajstić information content (AvgIpc) is 2.78. The fourth-order valence-electron chi connectivity index (χ4n) is 3.64. The van der Waals surface area contributed by atoms with E-state index in [1.807, 2.05) is 6.07 Å². The Morgan fingerprint density at radius 3 is 2.53 bits per heavy atom. The van der Waals surface area contributed by atoms with Crippen molar-refractivity contribution in [3.63, 3.8) is 0 Å². The van der Waals surface area contributed by atoms with Gasteiger partial charge in [0.05, 0.1) is 22.2 Å². The maximum atomic E-state index is 12.9. The number of fused-ring (bicyclic) bond motifs is 1. The maximum absolute atomic E-state index is 12.9.